The van der Waals surface area contributed by atoms with Crippen molar-refractivity contribution in [3.05, 3.63) is 29.8 Å². The van der Waals surface area contributed by atoms with Crippen LogP contribution >= 0.6 is 0 Å². The summed E-state index contributed by atoms with van der Waals surface area (Å²) in [7, 11) is 1.83. The van der Waals surface area contributed by atoms with Crippen molar-refractivity contribution < 1.29 is 9.47 Å². The standard InChI is InChI=1S/C24H41N5O2/c1-21-8-12-28(13-9-21)11-5-10-26-24(25-2)27-20-22-6-3-4-7-23(22)31-19-16-29-14-17-30-18-15-29/h3-4,6-7,21H,5,8-20H2,1-2H3,(H2,25,26,27). The smallest absolute Gasteiger partial charge is 0.191 e. The normalized spacial score (nSPS) is 19.4. The number of rotatable bonds is 10. The molecule has 3 rings (SSSR count). The molecule has 2 heterocycles. The van der Waals surface area contributed by atoms with Crippen LogP contribution in [0.2, 0.25) is 0 Å². The number of morpholine rings is 1. The quantitative estimate of drug-likeness (QED) is 0.336. The fourth-order valence-electron chi connectivity index (χ4n) is 4.09. The third-order valence-electron chi connectivity index (χ3n) is 6.23. The number of benzene rings is 1. The molecule has 0 aromatic heterocycles. The van der Waals surface area contributed by atoms with Gasteiger partial charge in [-0.15, -0.1) is 0 Å². The van der Waals surface area contributed by atoms with Gasteiger partial charge in [0, 0.05) is 45.3 Å². The minimum absolute atomic E-state index is 0.692. The predicted octanol–water partition coefficient (Wildman–Crippen LogP) is 2.18. The lowest BCUT2D eigenvalue weighted by molar-refractivity contribution is 0.0322. The molecule has 1 aromatic rings. The van der Waals surface area contributed by atoms with E-state index in [1.54, 1.807) is 0 Å². The Kier molecular flexibility index (Phi) is 10.4. The van der Waals surface area contributed by atoms with Gasteiger partial charge in [0.2, 0.25) is 0 Å². The fraction of sp³-hybridized carbons (Fsp3) is 0.708. The lowest BCUT2D eigenvalue weighted by atomic mass is 9.99. The summed E-state index contributed by atoms with van der Waals surface area (Å²) in [6.07, 6.45) is 3.81. The summed E-state index contributed by atoms with van der Waals surface area (Å²) in [6, 6.07) is 8.25. The van der Waals surface area contributed by atoms with Crippen molar-refractivity contribution in [1.29, 1.82) is 0 Å². The maximum absolute atomic E-state index is 6.09. The zero-order chi connectivity index (χ0) is 21.7. The second kappa shape index (κ2) is 13.6. The molecule has 7 heteroatoms. The van der Waals surface area contributed by atoms with Crippen LogP contribution in [-0.2, 0) is 11.3 Å². The topological polar surface area (TPSA) is 61.4 Å². The monoisotopic (exact) mass is 431 g/mol. The molecule has 0 amide bonds. The second-order valence-corrected chi connectivity index (χ2v) is 8.64. The van der Waals surface area contributed by atoms with Crippen molar-refractivity contribution >= 4 is 5.96 Å². The minimum atomic E-state index is 0.692. The van der Waals surface area contributed by atoms with Crippen molar-refractivity contribution in [2.45, 2.75) is 32.7 Å². The van der Waals surface area contributed by atoms with E-state index in [9.17, 15) is 0 Å². The number of ether oxygens (including phenoxy) is 2. The molecule has 2 N–H and O–H groups in total. The molecule has 1 aromatic carbocycles. The molecule has 0 aliphatic carbocycles. The fourth-order valence-corrected chi connectivity index (χ4v) is 4.09. The number of nitrogens with zero attached hydrogens (tertiary/aromatic N) is 3. The highest BCUT2D eigenvalue weighted by Gasteiger charge is 2.15. The number of aliphatic imine (C=N–C) groups is 1. The van der Waals surface area contributed by atoms with E-state index in [0.29, 0.717) is 13.2 Å². The highest BCUT2D eigenvalue weighted by molar-refractivity contribution is 5.79. The third kappa shape index (κ3) is 8.67. The Morgan fingerprint density at radius 3 is 2.58 bits per heavy atom. The molecule has 0 spiro atoms. The summed E-state index contributed by atoms with van der Waals surface area (Å²) >= 11 is 0. The van der Waals surface area contributed by atoms with E-state index < -0.39 is 0 Å². The zero-order valence-electron chi connectivity index (χ0n) is 19.4. The summed E-state index contributed by atoms with van der Waals surface area (Å²) in [5.74, 6) is 2.68. The Morgan fingerprint density at radius 2 is 1.81 bits per heavy atom. The molecule has 0 bridgehead atoms. The Labute approximate surface area is 188 Å². The van der Waals surface area contributed by atoms with Crippen molar-refractivity contribution in [3.63, 3.8) is 0 Å². The van der Waals surface area contributed by atoms with Crippen LogP contribution in [0, 0.1) is 5.92 Å². The third-order valence-corrected chi connectivity index (χ3v) is 6.23. The first kappa shape index (κ1) is 23.8. The highest BCUT2D eigenvalue weighted by atomic mass is 16.5. The van der Waals surface area contributed by atoms with Gasteiger partial charge < -0.3 is 25.0 Å². The van der Waals surface area contributed by atoms with Crippen LogP contribution in [0.3, 0.4) is 0 Å². The van der Waals surface area contributed by atoms with E-state index in [4.69, 9.17) is 9.47 Å². The van der Waals surface area contributed by atoms with Crippen LogP contribution < -0.4 is 15.4 Å². The molecule has 2 fully saturated rings. The SMILES string of the molecule is CN=C(NCCCN1CCC(C)CC1)NCc1ccccc1OCCN1CCOCC1. The van der Waals surface area contributed by atoms with E-state index in [2.05, 4.69) is 44.5 Å². The summed E-state index contributed by atoms with van der Waals surface area (Å²) in [5, 5.41) is 6.88. The Balaban J connectivity index is 1.34. The maximum atomic E-state index is 6.09. The van der Waals surface area contributed by atoms with Crippen LogP contribution in [0.4, 0.5) is 0 Å². The number of nitrogens with one attached hydrogen (secondary N) is 2. The van der Waals surface area contributed by atoms with Crippen LogP contribution in [0.25, 0.3) is 0 Å². The van der Waals surface area contributed by atoms with Gasteiger partial charge in [0.25, 0.3) is 0 Å². The lowest BCUT2D eigenvalue weighted by Crippen LogP contribution is -2.39. The Bertz CT molecular complexity index is 655. The molecule has 0 atom stereocenters. The lowest BCUT2D eigenvalue weighted by Gasteiger charge is -2.30. The van der Waals surface area contributed by atoms with Crippen LogP contribution in [0.1, 0.15) is 31.7 Å². The van der Waals surface area contributed by atoms with Gasteiger partial charge in [0.05, 0.1) is 13.2 Å². The molecule has 7 nitrogen and oxygen atoms in total. The van der Waals surface area contributed by atoms with Crippen LogP contribution in [-0.4, -0.2) is 88.4 Å². The van der Waals surface area contributed by atoms with Gasteiger partial charge in [-0.1, -0.05) is 25.1 Å². The molecule has 2 aliphatic rings. The average Bonchev–Trinajstić information content (AvgIpc) is 2.81. The summed E-state index contributed by atoms with van der Waals surface area (Å²) in [4.78, 5) is 9.35. The van der Waals surface area contributed by atoms with Crippen LogP contribution in [0.15, 0.2) is 29.3 Å². The molecule has 2 aliphatic heterocycles. The van der Waals surface area contributed by atoms with E-state index in [1.807, 2.05) is 19.2 Å². The number of piperidine rings is 1. The molecule has 31 heavy (non-hydrogen) atoms. The number of guanidine groups is 1. The molecule has 174 valence electrons. The van der Waals surface area contributed by atoms with Gasteiger partial charge in [-0.2, -0.15) is 0 Å². The van der Waals surface area contributed by atoms with Crippen molar-refractivity contribution in [1.82, 2.24) is 20.4 Å². The van der Waals surface area contributed by atoms with Gasteiger partial charge in [-0.05, 0) is 50.9 Å². The Morgan fingerprint density at radius 1 is 1.06 bits per heavy atom. The molecule has 2 saturated heterocycles. The summed E-state index contributed by atoms with van der Waals surface area (Å²) < 4.78 is 11.5. The molecule has 0 saturated carbocycles. The molecule has 0 radical (unpaired) electrons. The average molecular weight is 432 g/mol. The van der Waals surface area contributed by atoms with Gasteiger partial charge in [0.1, 0.15) is 12.4 Å². The minimum Gasteiger partial charge on any atom is -0.492 e. The number of hydrogen-bond donors (Lipinski definition) is 2. The second-order valence-electron chi connectivity index (χ2n) is 8.64. The van der Waals surface area contributed by atoms with Crippen LogP contribution in [0.5, 0.6) is 5.75 Å². The van der Waals surface area contributed by atoms with E-state index >= 15 is 0 Å². The van der Waals surface area contributed by atoms with Gasteiger partial charge in [0.15, 0.2) is 5.96 Å². The summed E-state index contributed by atoms with van der Waals surface area (Å²) in [5.41, 5.74) is 1.15. The predicted molar refractivity (Wildman–Crippen MR) is 127 cm³/mol. The summed E-state index contributed by atoms with van der Waals surface area (Å²) in [6.45, 7) is 12.9. The largest absolute Gasteiger partial charge is 0.492 e. The van der Waals surface area contributed by atoms with Crippen molar-refractivity contribution in [3.8, 4) is 5.75 Å². The van der Waals surface area contributed by atoms with Crippen molar-refractivity contribution in [2.75, 3.05) is 72.7 Å². The highest BCUT2D eigenvalue weighted by Crippen LogP contribution is 2.18. The van der Waals surface area contributed by atoms with Gasteiger partial charge in [-0.25, -0.2) is 0 Å². The number of para-hydroxylation sites is 1. The van der Waals surface area contributed by atoms with Gasteiger partial charge in [-0.3, -0.25) is 9.89 Å². The zero-order valence-corrected chi connectivity index (χ0v) is 19.4. The molecular formula is C24H41N5O2. The van der Waals surface area contributed by atoms with Gasteiger partial charge >= 0.3 is 0 Å². The first-order chi connectivity index (χ1) is 15.2. The first-order valence-electron chi connectivity index (χ1n) is 11.9. The number of likely N-dealkylation sites (tertiary alicyclic amines) is 1. The molecular weight excluding hydrogens is 390 g/mol. The Hall–Kier alpha value is -1.83. The first-order valence-corrected chi connectivity index (χ1v) is 11.9. The maximum Gasteiger partial charge on any atom is 0.191 e. The van der Waals surface area contributed by atoms with E-state index in [1.165, 1.54) is 25.9 Å². The number of hydrogen-bond acceptors (Lipinski definition) is 5. The van der Waals surface area contributed by atoms with Crippen molar-refractivity contribution in [2.24, 2.45) is 10.9 Å². The van der Waals surface area contributed by atoms with E-state index in [0.717, 1.165) is 75.5 Å². The van der Waals surface area contributed by atoms with E-state index in [-0.39, 0.29) is 0 Å². The molecule has 0 unspecified atom stereocenters.